The zero-order valence-corrected chi connectivity index (χ0v) is 10.7. The van der Waals surface area contributed by atoms with Gasteiger partial charge in [0.05, 0.1) is 13.0 Å². The molecule has 0 bridgehead atoms. The SMILES string of the molecule is CCCCCCCCCOC(=O)CCS. The predicted octanol–water partition coefficient (Wildman–Crippen LogP) is 3.60. The second kappa shape index (κ2) is 11.9. The zero-order chi connectivity index (χ0) is 11.4. The lowest BCUT2D eigenvalue weighted by Gasteiger charge is -2.03. The summed E-state index contributed by atoms with van der Waals surface area (Å²) in [6.45, 7) is 2.81. The van der Waals surface area contributed by atoms with Gasteiger partial charge in [-0.25, -0.2) is 0 Å². The Bertz CT molecular complexity index is 149. The van der Waals surface area contributed by atoms with Gasteiger partial charge in [0.25, 0.3) is 0 Å². The van der Waals surface area contributed by atoms with E-state index in [9.17, 15) is 4.79 Å². The van der Waals surface area contributed by atoms with E-state index in [0.717, 1.165) is 6.42 Å². The summed E-state index contributed by atoms with van der Waals surface area (Å²) >= 11 is 3.97. The van der Waals surface area contributed by atoms with Gasteiger partial charge in [0.15, 0.2) is 0 Å². The molecule has 0 aromatic rings. The smallest absolute Gasteiger partial charge is 0.306 e. The van der Waals surface area contributed by atoms with Gasteiger partial charge in [-0.05, 0) is 6.42 Å². The number of carbonyl (C=O) groups excluding carboxylic acids is 1. The van der Waals surface area contributed by atoms with Crippen LogP contribution in [0.4, 0.5) is 0 Å². The van der Waals surface area contributed by atoms with Gasteiger partial charge < -0.3 is 4.74 Å². The van der Waals surface area contributed by atoms with Crippen molar-refractivity contribution in [2.24, 2.45) is 0 Å². The second-order valence-corrected chi connectivity index (χ2v) is 4.26. The summed E-state index contributed by atoms with van der Waals surface area (Å²) in [7, 11) is 0. The van der Waals surface area contributed by atoms with Crippen LogP contribution in [0.25, 0.3) is 0 Å². The number of unbranched alkanes of at least 4 members (excludes halogenated alkanes) is 6. The molecule has 0 atom stereocenters. The summed E-state index contributed by atoms with van der Waals surface area (Å²) in [4.78, 5) is 10.9. The third-order valence-electron chi connectivity index (χ3n) is 2.33. The molecule has 15 heavy (non-hydrogen) atoms. The summed E-state index contributed by atoms with van der Waals surface area (Å²) in [5.41, 5.74) is 0. The highest BCUT2D eigenvalue weighted by Crippen LogP contribution is 2.06. The fourth-order valence-electron chi connectivity index (χ4n) is 1.41. The van der Waals surface area contributed by atoms with Crippen LogP contribution < -0.4 is 0 Å². The van der Waals surface area contributed by atoms with Crippen molar-refractivity contribution >= 4 is 18.6 Å². The molecule has 0 radical (unpaired) electrons. The lowest BCUT2D eigenvalue weighted by molar-refractivity contribution is -0.143. The fraction of sp³-hybridized carbons (Fsp3) is 0.917. The Balaban J connectivity index is 3.01. The molecule has 0 saturated carbocycles. The van der Waals surface area contributed by atoms with Crippen LogP contribution in [-0.4, -0.2) is 18.3 Å². The first kappa shape index (κ1) is 14.8. The molecule has 0 unspecified atom stereocenters. The Morgan fingerprint density at radius 3 is 2.27 bits per heavy atom. The van der Waals surface area contributed by atoms with Crippen LogP contribution in [0.15, 0.2) is 0 Å². The number of thiol groups is 1. The molecule has 0 N–H and O–H groups in total. The van der Waals surface area contributed by atoms with Gasteiger partial charge in [-0.1, -0.05) is 45.4 Å². The summed E-state index contributed by atoms with van der Waals surface area (Å²) in [5, 5.41) is 0. The molecule has 0 spiro atoms. The van der Waals surface area contributed by atoms with E-state index in [1.807, 2.05) is 0 Å². The van der Waals surface area contributed by atoms with Gasteiger partial charge in [0.1, 0.15) is 0 Å². The number of carbonyl (C=O) groups is 1. The van der Waals surface area contributed by atoms with Crippen molar-refractivity contribution < 1.29 is 9.53 Å². The summed E-state index contributed by atoms with van der Waals surface area (Å²) in [6, 6.07) is 0. The third-order valence-corrected chi connectivity index (χ3v) is 2.55. The van der Waals surface area contributed by atoms with E-state index in [1.54, 1.807) is 0 Å². The van der Waals surface area contributed by atoms with Crippen LogP contribution in [-0.2, 0) is 9.53 Å². The first-order valence-corrected chi connectivity index (χ1v) is 6.71. The molecule has 0 aliphatic carbocycles. The average Bonchev–Trinajstić information content (AvgIpc) is 2.22. The van der Waals surface area contributed by atoms with Crippen molar-refractivity contribution in [3.63, 3.8) is 0 Å². The van der Waals surface area contributed by atoms with Crippen molar-refractivity contribution in [2.45, 2.75) is 58.3 Å². The minimum Gasteiger partial charge on any atom is -0.466 e. The zero-order valence-electron chi connectivity index (χ0n) is 9.83. The average molecular weight is 232 g/mol. The minimum atomic E-state index is -0.115. The highest BCUT2D eigenvalue weighted by Gasteiger charge is 1.99. The Labute approximate surface area is 99.2 Å². The quantitative estimate of drug-likeness (QED) is 0.354. The third kappa shape index (κ3) is 11.7. The van der Waals surface area contributed by atoms with Gasteiger partial charge in [0.2, 0.25) is 0 Å². The van der Waals surface area contributed by atoms with E-state index in [4.69, 9.17) is 4.74 Å². The lowest BCUT2D eigenvalue weighted by atomic mass is 10.1. The standard InChI is InChI=1S/C12H24O2S/c1-2-3-4-5-6-7-8-10-14-12(13)9-11-15/h15H,2-11H2,1H3. The Morgan fingerprint density at radius 1 is 1.07 bits per heavy atom. The van der Waals surface area contributed by atoms with E-state index in [2.05, 4.69) is 19.6 Å². The number of rotatable bonds is 10. The molecule has 3 heteroatoms. The van der Waals surface area contributed by atoms with Gasteiger partial charge in [-0.15, -0.1) is 0 Å². The van der Waals surface area contributed by atoms with Crippen molar-refractivity contribution in [3.8, 4) is 0 Å². The number of esters is 1. The van der Waals surface area contributed by atoms with Gasteiger partial charge in [0, 0.05) is 5.75 Å². The molecule has 0 aliphatic rings. The molecule has 0 fully saturated rings. The first-order chi connectivity index (χ1) is 7.31. The predicted molar refractivity (Wildman–Crippen MR) is 67.4 cm³/mol. The number of hydrogen-bond acceptors (Lipinski definition) is 3. The second-order valence-electron chi connectivity index (χ2n) is 3.82. The Hall–Kier alpha value is -0.180. The van der Waals surface area contributed by atoms with Crippen LogP contribution in [0.3, 0.4) is 0 Å². The van der Waals surface area contributed by atoms with Crippen LogP contribution in [0.5, 0.6) is 0 Å². The van der Waals surface area contributed by atoms with Crippen molar-refractivity contribution in [1.29, 1.82) is 0 Å². The first-order valence-electron chi connectivity index (χ1n) is 6.07. The van der Waals surface area contributed by atoms with Crippen molar-refractivity contribution in [1.82, 2.24) is 0 Å². The summed E-state index contributed by atoms with van der Waals surface area (Å²) in [5.74, 6) is 0.464. The van der Waals surface area contributed by atoms with Crippen molar-refractivity contribution in [2.75, 3.05) is 12.4 Å². The van der Waals surface area contributed by atoms with E-state index >= 15 is 0 Å². The Kier molecular flexibility index (Phi) is 11.7. The van der Waals surface area contributed by atoms with E-state index in [1.165, 1.54) is 38.5 Å². The molecule has 0 rings (SSSR count). The highest BCUT2D eigenvalue weighted by atomic mass is 32.1. The number of hydrogen-bond donors (Lipinski definition) is 1. The molecule has 2 nitrogen and oxygen atoms in total. The van der Waals surface area contributed by atoms with Crippen LogP contribution in [0.2, 0.25) is 0 Å². The van der Waals surface area contributed by atoms with Gasteiger partial charge in [-0.3, -0.25) is 4.79 Å². The molecule has 90 valence electrons. The number of ether oxygens (including phenoxy) is 1. The Morgan fingerprint density at radius 2 is 1.67 bits per heavy atom. The van der Waals surface area contributed by atoms with Gasteiger partial charge in [-0.2, -0.15) is 12.6 Å². The molecule has 0 saturated heterocycles. The fourth-order valence-corrected chi connectivity index (χ4v) is 1.59. The van der Waals surface area contributed by atoms with E-state index in [-0.39, 0.29) is 5.97 Å². The maximum absolute atomic E-state index is 10.9. The summed E-state index contributed by atoms with van der Waals surface area (Å²) < 4.78 is 5.02. The van der Waals surface area contributed by atoms with E-state index in [0.29, 0.717) is 18.8 Å². The molecule has 0 aliphatic heterocycles. The molecule has 0 heterocycles. The minimum absolute atomic E-state index is 0.115. The van der Waals surface area contributed by atoms with Crippen LogP contribution >= 0.6 is 12.6 Å². The van der Waals surface area contributed by atoms with Crippen LogP contribution in [0, 0.1) is 0 Å². The van der Waals surface area contributed by atoms with Gasteiger partial charge >= 0.3 is 5.97 Å². The van der Waals surface area contributed by atoms with Crippen molar-refractivity contribution in [3.05, 3.63) is 0 Å². The molecule has 0 amide bonds. The monoisotopic (exact) mass is 232 g/mol. The highest BCUT2D eigenvalue weighted by molar-refractivity contribution is 7.80. The molecule has 0 aromatic carbocycles. The molecular weight excluding hydrogens is 208 g/mol. The maximum atomic E-state index is 10.9. The van der Waals surface area contributed by atoms with Crippen LogP contribution in [0.1, 0.15) is 58.3 Å². The normalized spacial score (nSPS) is 10.3. The lowest BCUT2D eigenvalue weighted by Crippen LogP contribution is -2.06. The summed E-state index contributed by atoms with van der Waals surface area (Å²) in [6.07, 6.45) is 9.18. The molecular formula is C12H24O2S. The maximum Gasteiger partial charge on any atom is 0.306 e. The largest absolute Gasteiger partial charge is 0.466 e. The molecule has 0 aromatic heterocycles. The van der Waals surface area contributed by atoms with E-state index < -0.39 is 0 Å². The topological polar surface area (TPSA) is 26.3 Å².